The second-order valence-electron chi connectivity index (χ2n) is 8.02. The lowest BCUT2D eigenvalue weighted by Crippen LogP contribution is -2.27. The average Bonchev–Trinajstić information content (AvgIpc) is 2.84. The molecule has 0 saturated heterocycles. The Balaban J connectivity index is 1.69. The molecule has 0 bridgehead atoms. The number of phenolic OH excluding ortho intramolecular Hbond substituents is 1. The fraction of sp³-hybridized carbons (Fsp3) is 0.107. The van der Waals surface area contributed by atoms with Crippen LogP contribution in [0.5, 0.6) is 5.75 Å². The lowest BCUT2D eigenvalue weighted by atomic mass is 10.0. The number of aromatic nitrogens is 3. The van der Waals surface area contributed by atoms with Gasteiger partial charge in [0.2, 0.25) is 0 Å². The van der Waals surface area contributed by atoms with Gasteiger partial charge in [0.15, 0.2) is 0 Å². The van der Waals surface area contributed by atoms with E-state index in [1.165, 1.54) is 0 Å². The van der Waals surface area contributed by atoms with Gasteiger partial charge in [-0.05, 0) is 54.8 Å². The van der Waals surface area contributed by atoms with Crippen molar-refractivity contribution in [3.8, 4) is 28.3 Å². The van der Waals surface area contributed by atoms with Crippen molar-refractivity contribution in [1.29, 1.82) is 0 Å². The smallest absolute Gasteiger partial charge is 0.261 e. The van der Waals surface area contributed by atoms with Crippen molar-refractivity contribution in [3.05, 3.63) is 113 Å². The Labute approximate surface area is 191 Å². The summed E-state index contributed by atoms with van der Waals surface area (Å²) >= 11 is 0. The monoisotopic (exact) mass is 433 g/mol. The third kappa shape index (κ3) is 4.01. The van der Waals surface area contributed by atoms with Crippen molar-refractivity contribution < 1.29 is 5.11 Å². The predicted molar refractivity (Wildman–Crippen MR) is 131 cm³/mol. The van der Waals surface area contributed by atoms with E-state index < -0.39 is 0 Å². The highest BCUT2D eigenvalue weighted by Crippen LogP contribution is 2.29. The van der Waals surface area contributed by atoms with Crippen molar-refractivity contribution in [1.82, 2.24) is 14.5 Å². The number of para-hydroxylation sites is 1. The maximum Gasteiger partial charge on any atom is 0.261 e. The number of fused-ring (bicyclic) bond motifs is 1. The molecule has 1 N–H and O–H groups in total. The van der Waals surface area contributed by atoms with Crippen LogP contribution in [0.3, 0.4) is 0 Å². The van der Waals surface area contributed by atoms with Crippen LogP contribution in [0.2, 0.25) is 0 Å². The van der Waals surface area contributed by atoms with Crippen LogP contribution in [0, 0.1) is 6.92 Å². The van der Waals surface area contributed by atoms with E-state index in [1.54, 1.807) is 29.0 Å². The van der Waals surface area contributed by atoms with Crippen LogP contribution in [-0.4, -0.2) is 19.6 Å². The summed E-state index contributed by atoms with van der Waals surface area (Å²) in [6.45, 7) is 2.29. The van der Waals surface area contributed by atoms with Gasteiger partial charge in [0, 0.05) is 18.1 Å². The Morgan fingerprint density at radius 2 is 1.70 bits per heavy atom. The first kappa shape index (κ1) is 20.6. The number of phenols is 1. The third-order valence-electron chi connectivity index (χ3n) is 5.85. The molecule has 0 aliphatic carbocycles. The Morgan fingerprint density at radius 3 is 2.52 bits per heavy atom. The minimum Gasteiger partial charge on any atom is -0.507 e. The molecule has 2 heterocycles. The van der Waals surface area contributed by atoms with E-state index in [1.807, 2.05) is 73.7 Å². The zero-order valence-corrected chi connectivity index (χ0v) is 18.3. The van der Waals surface area contributed by atoms with Crippen LogP contribution in [0.4, 0.5) is 0 Å². The molecule has 0 aliphatic rings. The summed E-state index contributed by atoms with van der Waals surface area (Å²) in [5.74, 6) is 0.569. The maximum atomic E-state index is 13.9. The highest BCUT2D eigenvalue weighted by atomic mass is 16.3. The Bertz CT molecular complexity index is 1510. The first-order chi connectivity index (χ1) is 16.1. The normalized spacial score (nSPS) is 11.1. The van der Waals surface area contributed by atoms with Gasteiger partial charge in [-0.2, -0.15) is 0 Å². The molecule has 0 aliphatic heterocycles. The zero-order chi connectivity index (χ0) is 22.8. The molecule has 0 radical (unpaired) electrons. The molecule has 0 unspecified atom stereocenters. The highest BCUT2D eigenvalue weighted by molar-refractivity contribution is 5.84. The Kier molecular flexibility index (Phi) is 5.45. The minimum atomic E-state index is -0.125. The van der Waals surface area contributed by atoms with Gasteiger partial charge in [0.25, 0.3) is 5.56 Å². The first-order valence-corrected chi connectivity index (χ1v) is 10.9. The molecule has 0 spiro atoms. The fourth-order valence-corrected chi connectivity index (χ4v) is 4.19. The van der Waals surface area contributed by atoms with E-state index in [2.05, 4.69) is 4.98 Å². The van der Waals surface area contributed by atoms with E-state index in [9.17, 15) is 9.90 Å². The van der Waals surface area contributed by atoms with Crippen molar-refractivity contribution in [3.63, 3.8) is 0 Å². The summed E-state index contributed by atoms with van der Waals surface area (Å²) in [5, 5.41) is 11.5. The van der Waals surface area contributed by atoms with Crippen LogP contribution in [-0.2, 0) is 13.0 Å². The van der Waals surface area contributed by atoms with Crippen molar-refractivity contribution in [2.75, 3.05) is 0 Å². The van der Waals surface area contributed by atoms with Gasteiger partial charge in [0.05, 0.1) is 22.3 Å². The van der Waals surface area contributed by atoms with E-state index in [-0.39, 0.29) is 11.3 Å². The predicted octanol–water partition coefficient (Wildman–Crippen LogP) is 5.38. The van der Waals surface area contributed by atoms with E-state index in [4.69, 9.17) is 4.98 Å². The van der Waals surface area contributed by atoms with Gasteiger partial charge in [-0.25, -0.2) is 4.98 Å². The van der Waals surface area contributed by atoms with E-state index in [0.717, 1.165) is 22.0 Å². The molecule has 5 aromatic rings. The van der Waals surface area contributed by atoms with Gasteiger partial charge >= 0.3 is 0 Å². The maximum absolute atomic E-state index is 13.9. The largest absolute Gasteiger partial charge is 0.507 e. The highest BCUT2D eigenvalue weighted by Gasteiger charge is 2.19. The molecule has 3 aromatic carbocycles. The molecule has 5 heteroatoms. The molecule has 0 fully saturated rings. The third-order valence-corrected chi connectivity index (χ3v) is 5.85. The summed E-state index contributed by atoms with van der Waals surface area (Å²) < 4.78 is 1.68. The molecule has 5 rings (SSSR count). The number of aryl methyl sites for hydroxylation is 2. The summed E-state index contributed by atoms with van der Waals surface area (Å²) in [6, 6.07) is 26.7. The van der Waals surface area contributed by atoms with Crippen molar-refractivity contribution >= 4 is 10.9 Å². The summed E-state index contributed by atoms with van der Waals surface area (Å²) in [5.41, 5.74) is 4.42. The number of rotatable bonds is 5. The number of hydrogen-bond donors (Lipinski definition) is 1. The van der Waals surface area contributed by atoms with Crippen LogP contribution in [0.25, 0.3) is 33.4 Å². The van der Waals surface area contributed by atoms with Gasteiger partial charge in [0.1, 0.15) is 11.6 Å². The topological polar surface area (TPSA) is 68.0 Å². The second kappa shape index (κ2) is 8.71. The SMILES string of the molecule is Cc1nc(-c2ccccc2O)n(CCc2ccccc2)c(=O)c1-c1ccc2ncccc2c1. The van der Waals surface area contributed by atoms with Crippen LogP contribution in [0.15, 0.2) is 95.9 Å². The Hall–Kier alpha value is -4.25. The minimum absolute atomic E-state index is 0.0989. The standard InChI is InChI=1S/C28H23N3O2/c1-19-26(22-13-14-24-21(18-22)10-7-16-29-24)28(33)31(17-15-20-8-3-2-4-9-20)27(30-19)23-11-5-6-12-25(23)32/h2-14,16,18,32H,15,17H2,1H3. The van der Waals surface area contributed by atoms with Crippen LogP contribution >= 0.6 is 0 Å². The lowest BCUT2D eigenvalue weighted by Gasteiger charge is -2.17. The summed E-state index contributed by atoms with van der Waals surface area (Å²) in [7, 11) is 0. The number of benzene rings is 3. The van der Waals surface area contributed by atoms with Gasteiger partial charge in [-0.15, -0.1) is 0 Å². The number of aromatic hydroxyl groups is 1. The molecule has 2 aromatic heterocycles. The molecule has 0 atom stereocenters. The zero-order valence-electron chi connectivity index (χ0n) is 18.3. The number of nitrogens with zero attached hydrogens (tertiary/aromatic N) is 3. The number of hydrogen-bond acceptors (Lipinski definition) is 4. The molecular formula is C28H23N3O2. The van der Waals surface area contributed by atoms with E-state index >= 15 is 0 Å². The molecule has 0 saturated carbocycles. The lowest BCUT2D eigenvalue weighted by molar-refractivity contribution is 0.476. The second-order valence-corrected chi connectivity index (χ2v) is 8.02. The summed E-state index contributed by atoms with van der Waals surface area (Å²) in [6.07, 6.45) is 2.43. The van der Waals surface area contributed by atoms with Crippen LogP contribution < -0.4 is 5.56 Å². The van der Waals surface area contributed by atoms with Gasteiger partial charge in [-0.3, -0.25) is 14.3 Å². The van der Waals surface area contributed by atoms with Crippen molar-refractivity contribution in [2.24, 2.45) is 0 Å². The first-order valence-electron chi connectivity index (χ1n) is 10.9. The average molecular weight is 434 g/mol. The Morgan fingerprint density at radius 1 is 0.909 bits per heavy atom. The fourth-order valence-electron chi connectivity index (χ4n) is 4.19. The van der Waals surface area contributed by atoms with Gasteiger partial charge in [-0.1, -0.05) is 54.6 Å². The summed E-state index contributed by atoms with van der Waals surface area (Å²) in [4.78, 5) is 23.1. The molecule has 5 nitrogen and oxygen atoms in total. The quantitative estimate of drug-likeness (QED) is 0.404. The molecule has 0 amide bonds. The van der Waals surface area contributed by atoms with Crippen LogP contribution in [0.1, 0.15) is 11.3 Å². The van der Waals surface area contributed by atoms with Gasteiger partial charge < -0.3 is 5.11 Å². The molecule has 33 heavy (non-hydrogen) atoms. The van der Waals surface area contributed by atoms with E-state index in [0.29, 0.717) is 35.6 Å². The molecule has 162 valence electrons. The molecular weight excluding hydrogens is 410 g/mol. The van der Waals surface area contributed by atoms with Crippen molar-refractivity contribution in [2.45, 2.75) is 19.9 Å². The number of pyridine rings is 1.